The first kappa shape index (κ1) is 9.98. The molecule has 2 rings (SSSR count). The fraction of sp³-hybridized carbons (Fsp3) is 0.364. The maximum atomic E-state index is 5.59. The van der Waals surface area contributed by atoms with Gasteiger partial charge in [0.2, 0.25) is 0 Å². The number of nitrogens with zero attached hydrogens (tertiary/aromatic N) is 2. The Morgan fingerprint density at radius 2 is 2.33 bits per heavy atom. The van der Waals surface area contributed by atoms with Crippen LogP contribution in [0.15, 0.2) is 24.5 Å². The predicted molar refractivity (Wildman–Crippen MR) is 62.9 cm³/mol. The SMILES string of the molecule is CC(CN)Nc1ccnc2c1ccn2C. The zero-order valence-corrected chi connectivity index (χ0v) is 9.07. The Morgan fingerprint density at radius 3 is 3.07 bits per heavy atom. The summed E-state index contributed by atoms with van der Waals surface area (Å²) in [6.45, 7) is 2.69. The van der Waals surface area contributed by atoms with E-state index in [4.69, 9.17) is 5.73 Å². The summed E-state index contributed by atoms with van der Waals surface area (Å²) in [5.74, 6) is 0. The molecule has 0 bridgehead atoms. The Kier molecular flexibility index (Phi) is 2.60. The van der Waals surface area contributed by atoms with Gasteiger partial charge in [-0.2, -0.15) is 0 Å². The Morgan fingerprint density at radius 1 is 1.53 bits per heavy atom. The van der Waals surface area contributed by atoms with Crippen LogP contribution in [0.5, 0.6) is 0 Å². The molecule has 80 valence electrons. The number of anilines is 1. The second-order valence-corrected chi connectivity index (χ2v) is 3.80. The molecular weight excluding hydrogens is 188 g/mol. The molecule has 2 aromatic heterocycles. The molecule has 0 aliphatic carbocycles. The summed E-state index contributed by atoms with van der Waals surface area (Å²) in [6.07, 6.45) is 3.82. The second kappa shape index (κ2) is 3.90. The van der Waals surface area contributed by atoms with Crippen LogP contribution in [-0.4, -0.2) is 22.1 Å². The quantitative estimate of drug-likeness (QED) is 0.793. The summed E-state index contributed by atoms with van der Waals surface area (Å²) in [7, 11) is 1.99. The van der Waals surface area contributed by atoms with Crippen LogP contribution in [0, 0.1) is 0 Å². The monoisotopic (exact) mass is 204 g/mol. The van der Waals surface area contributed by atoms with E-state index >= 15 is 0 Å². The van der Waals surface area contributed by atoms with Gasteiger partial charge >= 0.3 is 0 Å². The predicted octanol–water partition coefficient (Wildman–Crippen LogP) is 1.33. The summed E-state index contributed by atoms with van der Waals surface area (Å²) in [4.78, 5) is 4.33. The van der Waals surface area contributed by atoms with E-state index in [0.717, 1.165) is 16.7 Å². The number of nitrogens with one attached hydrogen (secondary N) is 1. The van der Waals surface area contributed by atoms with Gasteiger partial charge in [0.15, 0.2) is 0 Å². The van der Waals surface area contributed by atoms with Gasteiger partial charge in [-0.15, -0.1) is 0 Å². The van der Waals surface area contributed by atoms with Crippen molar-refractivity contribution in [3.05, 3.63) is 24.5 Å². The maximum absolute atomic E-state index is 5.59. The molecule has 3 N–H and O–H groups in total. The van der Waals surface area contributed by atoms with Crippen LogP contribution in [0.1, 0.15) is 6.92 Å². The van der Waals surface area contributed by atoms with E-state index in [9.17, 15) is 0 Å². The van der Waals surface area contributed by atoms with E-state index in [1.807, 2.05) is 30.1 Å². The molecule has 0 fully saturated rings. The highest BCUT2D eigenvalue weighted by molar-refractivity contribution is 5.89. The first-order valence-corrected chi connectivity index (χ1v) is 5.09. The van der Waals surface area contributed by atoms with E-state index in [1.165, 1.54) is 0 Å². The van der Waals surface area contributed by atoms with Crippen LogP contribution in [0.25, 0.3) is 11.0 Å². The van der Waals surface area contributed by atoms with Crippen molar-refractivity contribution in [1.29, 1.82) is 0 Å². The fourth-order valence-corrected chi connectivity index (χ4v) is 1.61. The highest BCUT2D eigenvalue weighted by Gasteiger charge is 2.06. The zero-order valence-electron chi connectivity index (χ0n) is 9.07. The van der Waals surface area contributed by atoms with Crippen molar-refractivity contribution >= 4 is 16.7 Å². The number of hydrogen-bond acceptors (Lipinski definition) is 3. The van der Waals surface area contributed by atoms with Crippen molar-refractivity contribution < 1.29 is 0 Å². The van der Waals surface area contributed by atoms with Crippen LogP contribution < -0.4 is 11.1 Å². The number of rotatable bonds is 3. The minimum atomic E-state index is 0.274. The van der Waals surface area contributed by atoms with Gasteiger partial charge < -0.3 is 15.6 Å². The normalized spacial score (nSPS) is 13.0. The summed E-state index contributed by atoms with van der Waals surface area (Å²) in [5, 5.41) is 4.51. The Hall–Kier alpha value is -1.55. The molecule has 4 heteroatoms. The highest BCUT2D eigenvalue weighted by Crippen LogP contribution is 2.22. The van der Waals surface area contributed by atoms with Gasteiger partial charge in [0.05, 0.1) is 0 Å². The Bertz CT molecular complexity index is 461. The minimum Gasteiger partial charge on any atom is -0.381 e. The van der Waals surface area contributed by atoms with Crippen molar-refractivity contribution in [2.75, 3.05) is 11.9 Å². The number of nitrogens with two attached hydrogens (primary N) is 1. The van der Waals surface area contributed by atoms with Crippen molar-refractivity contribution in [3.8, 4) is 0 Å². The van der Waals surface area contributed by atoms with Crippen molar-refractivity contribution in [1.82, 2.24) is 9.55 Å². The number of aromatic nitrogens is 2. The molecule has 4 nitrogen and oxygen atoms in total. The molecule has 0 amide bonds. The van der Waals surface area contributed by atoms with Gasteiger partial charge in [-0.25, -0.2) is 4.98 Å². The Labute approximate surface area is 89.1 Å². The van der Waals surface area contributed by atoms with Gasteiger partial charge in [0.25, 0.3) is 0 Å². The standard InChI is InChI=1S/C11H16N4/c1-8(7-12)14-10-3-5-13-11-9(10)4-6-15(11)2/h3-6,8H,7,12H2,1-2H3,(H,13,14). The molecule has 0 radical (unpaired) electrons. The first-order valence-electron chi connectivity index (χ1n) is 5.09. The molecule has 0 saturated carbocycles. The lowest BCUT2D eigenvalue weighted by molar-refractivity contribution is 0.805. The third-order valence-corrected chi connectivity index (χ3v) is 2.52. The molecule has 0 aromatic carbocycles. The van der Waals surface area contributed by atoms with E-state index in [0.29, 0.717) is 6.54 Å². The average Bonchev–Trinajstić information content (AvgIpc) is 2.62. The van der Waals surface area contributed by atoms with Crippen molar-refractivity contribution in [2.45, 2.75) is 13.0 Å². The zero-order chi connectivity index (χ0) is 10.8. The first-order chi connectivity index (χ1) is 7.22. The van der Waals surface area contributed by atoms with Crippen molar-refractivity contribution in [2.24, 2.45) is 12.8 Å². The average molecular weight is 204 g/mol. The van der Waals surface area contributed by atoms with E-state index in [-0.39, 0.29) is 6.04 Å². The molecule has 2 heterocycles. The molecule has 1 atom stereocenters. The van der Waals surface area contributed by atoms with Gasteiger partial charge in [-0.3, -0.25) is 0 Å². The summed E-state index contributed by atoms with van der Waals surface area (Å²) >= 11 is 0. The van der Waals surface area contributed by atoms with Gasteiger partial charge in [-0.1, -0.05) is 0 Å². The van der Waals surface area contributed by atoms with E-state index < -0.39 is 0 Å². The van der Waals surface area contributed by atoms with E-state index in [1.54, 1.807) is 0 Å². The van der Waals surface area contributed by atoms with Crippen LogP contribution in [-0.2, 0) is 7.05 Å². The van der Waals surface area contributed by atoms with Crippen LogP contribution in [0.4, 0.5) is 5.69 Å². The largest absolute Gasteiger partial charge is 0.381 e. The highest BCUT2D eigenvalue weighted by atomic mass is 15.0. The number of pyridine rings is 1. The van der Waals surface area contributed by atoms with Gasteiger partial charge in [0.1, 0.15) is 5.65 Å². The number of hydrogen-bond donors (Lipinski definition) is 2. The van der Waals surface area contributed by atoms with Crippen LogP contribution in [0.3, 0.4) is 0 Å². The molecule has 0 aliphatic rings. The lowest BCUT2D eigenvalue weighted by Crippen LogP contribution is -2.25. The lowest BCUT2D eigenvalue weighted by atomic mass is 10.2. The molecule has 2 aromatic rings. The summed E-state index contributed by atoms with van der Waals surface area (Å²) in [6, 6.07) is 4.32. The minimum absolute atomic E-state index is 0.274. The van der Waals surface area contributed by atoms with Gasteiger partial charge in [0, 0.05) is 43.1 Å². The lowest BCUT2D eigenvalue weighted by Gasteiger charge is -2.13. The number of aryl methyl sites for hydroxylation is 1. The molecule has 0 aliphatic heterocycles. The molecule has 15 heavy (non-hydrogen) atoms. The number of fused-ring (bicyclic) bond motifs is 1. The third-order valence-electron chi connectivity index (χ3n) is 2.52. The molecular formula is C11H16N4. The summed E-state index contributed by atoms with van der Waals surface area (Å²) < 4.78 is 2.01. The fourth-order valence-electron chi connectivity index (χ4n) is 1.61. The molecule has 0 saturated heterocycles. The van der Waals surface area contributed by atoms with Crippen molar-refractivity contribution in [3.63, 3.8) is 0 Å². The molecule has 0 spiro atoms. The van der Waals surface area contributed by atoms with Gasteiger partial charge in [-0.05, 0) is 19.1 Å². The smallest absolute Gasteiger partial charge is 0.141 e. The van der Waals surface area contributed by atoms with E-state index in [2.05, 4.69) is 23.3 Å². The summed E-state index contributed by atoms with van der Waals surface area (Å²) in [5.41, 5.74) is 7.67. The Balaban J connectivity index is 2.43. The molecule has 1 unspecified atom stereocenters. The maximum Gasteiger partial charge on any atom is 0.141 e. The second-order valence-electron chi connectivity index (χ2n) is 3.80. The topological polar surface area (TPSA) is 55.9 Å². The third kappa shape index (κ3) is 1.80. The van der Waals surface area contributed by atoms with Crippen LogP contribution >= 0.6 is 0 Å². The van der Waals surface area contributed by atoms with Crippen LogP contribution in [0.2, 0.25) is 0 Å².